The molecule has 0 aromatic heterocycles. The lowest BCUT2D eigenvalue weighted by molar-refractivity contribution is -0.147. The van der Waals surface area contributed by atoms with Crippen molar-refractivity contribution in [1.82, 2.24) is 0 Å². The Bertz CT molecular complexity index is 215. The first-order chi connectivity index (χ1) is 7.01. The number of ether oxygens (including phenoxy) is 2. The van der Waals surface area contributed by atoms with Crippen molar-refractivity contribution in [1.29, 1.82) is 0 Å². The van der Waals surface area contributed by atoms with Gasteiger partial charge in [0.2, 0.25) is 0 Å². The van der Waals surface area contributed by atoms with Crippen LogP contribution in [0.3, 0.4) is 0 Å². The van der Waals surface area contributed by atoms with Crippen LogP contribution in [-0.2, 0) is 14.3 Å². The Kier molecular flexibility index (Phi) is 4.14. The van der Waals surface area contributed by atoms with Crippen LogP contribution in [0.25, 0.3) is 0 Å². The van der Waals surface area contributed by atoms with Crippen LogP contribution < -0.4 is 0 Å². The second kappa shape index (κ2) is 4.97. The molecule has 3 nitrogen and oxygen atoms in total. The minimum absolute atomic E-state index is 0.0522. The van der Waals surface area contributed by atoms with Crippen molar-refractivity contribution in [2.24, 2.45) is 11.8 Å². The lowest BCUT2D eigenvalue weighted by Gasteiger charge is -2.37. The number of rotatable bonds is 3. The molecular formula is C12H22O3. The van der Waals surface area contributed by atoms with Gasteiger partial charge in [-0.1, -0.05) is 0 Å². The number of methoxy groups -OCH3 is 2. The number of hydrogen-bond donors (Lipinski definition) is 0. The monoisotopic (exact) mass is 214 g/mol. The van der Waals surface area contributed by atoms with Crippen molar-refractivity contribution in [3.8, 4) is 0 Å². The van der Waals surface area contributed by atoms with Crippen LogP contribution in [-0.4, -0.2) is 25.8 Å². The van der Waals surface area contributed by atoms with Gasteiger partial charge in [0, 0.05) is 7.11 Å². The summed E-state index contributed by atoms with van der Waals surface area (Å²) in [6, 6.07) is 0. The van der Waals surface area contributed by atoms with Crippen molar-refractivity contribution in [2.75, 3.05) is 14.2 Å². The van der Waals surface area contributed by atoms with Crippen molar-refractivity contribution in [3.63, 3.8) is 0 Å². The van der Waals surface area contributed by atoms with Crippen LogP contribution in [0.1, 0.15) is 39.5 Å². The molecule has 88 valence electrons. The van der Waals surface area contributed by atoms with Gasteiger partial charge in [-0.2, -0.15) is 0 Å². The van der Waals surface area contributed by atoms with E-state index in [1.807, 2.05) is 0 Å². The van der Waals surface area contributed by atoms with Gasteiger partial charge in [0.1, 0.15) is 0 Å². The van der Waals surface area contributed by atoms with E-state index in [-0.39, 0.29) is 17.5 Å². The normalized spacial score (nSPS) is 27.5. The van der Waals surface area contributed by atoms with E-state index in [1.54, 1.807) is 7.11 Å². The number of hydrogen-bond acceptors (Lipinski definition) is 3. The summed E-state index contributed by atoms with van der Waals surface area (Å²) in [6.45, 7) is 4.24. The molecule has 0 atom stereocenters. The zero-order valence-corrected chi connectivity index (χ0v) is 10.2. The van der Waals surface area contributed by atoms with Crippen molar-refractivity contribution >= 4 is 5.97 Å². The fraction of sp³-hybridized carbons (Fsp3) is 0.917. The largest absolute Gasteiger partial charge is 0.469 e. The van der Waals surface area contributed by atoms with Crippen LogP contribution in [0.5, 0.6) is 0 Å². The maximum absolute atomic E-state index is 11.3. The first kappa shape index (κ1) is 12.5. The highest BCUT2D eigenvalue weighted by atomic mass is 16.5. The number of carbonyl (C=O) groups excluding carboxylic acids is 1. The molecule has 0 aromatic rings. The van der Waals surface area contributed by atoms with E-state index >= 15 is 0 Å². The van der Waals surface area contributed by atoms with Crippen molar-refractivity contribution in [3.05, 3.63) is 0 Å². The summed E-state index contributed by atoms with van der Waals surface area (Å²) in [6.07, 6.45) is 3.98. The van der Waals surface area contributed by atoms with Crippen molar-refractivity contribution < 1.29 is 14.3 Å². The van der Waals surface area contributed by atoms with E-state index in [9.17, 15) is 4.79 Å². The minimum atomic E-state index is -0.0684. The van der Waals surface area contributed by atoms with Gasteiger partial charge >= 0.3 is 5.97 Å². The third-order valence-electron chi connectivity index (χ3n) is 3.77. The molecule has 0 aromatic carbocycles. The van der Waals surface area contributed by atoms with Gasteiger partial charge in [-0.05, 0) is 45.4 Å². The fourth-order valence-electron chi connectivity index (χ4n) is 2.36. The number of carbonyl (C=O) groups is 1. The molecule has 0 heterocycles. The summed E-state index contributed by atoms with van der Waals surface area (Å²) in [5.41, 5.74) is -0.0684. The second-order valence-electron chi connectivity index (χ2n) is 4.88. The average molecular weight is 214 g/mol. The van der Waals surface area contributed by atoms with Gasteiger partial charge in [-0.25, -0.2) is 0 Å². The van der Waals surface area contributed by atoms with Gasteiger partial charge in [-0.3, -0.25) is 4.79 Å². The van der Waals surface area contributed by atoms with E-state index in [0.717, 1.165) is 25.7 Å². The predicted molar refractivity (Wildman–Crippen MR) is 58.6 cm³/mol. The maximum atomic E-state index is 11.3. The summed E-state index contributed by atoms with van der Waals surface area (Å²) in [5, 5.41) is 0. The summed E-state index contributed by atoms with van der Waals surface area (Å²) < 4.78 is 10.2. The SMILES string of the molecule is COC(=O)[C@H]1CC[C@H](C(C)(C)OC)CC1. The molecule has 1 fully saturated rings. The first-order valence-corrected chi connectivity index (χ1v) is 5.64. The molecule has 0 unspecified atom stereocenters. The van der Waals surface area contributed by atoms with E-state index in [0.29, 0.717) is 5.92 Å². The average Bonchev–Trinajstić information content (AvgIpc) is 2.28. The smallest absolute Gasteiger partial charge is 0.308 e. The molecule has 1 aliphatic carbocycles. The standard InChI is InChI=1S/C12H22O3/c1-12(2,15-4)10-7-5-9(6-8-10)11(13)14-3/h9-10H,5-8H2,1-4H3/t9-,10-. The minimum Gasteiger partial charge on any atom is -0.469 e. The quantitative estimate of drug-likeness (QED) is 0.677. The van der Waals surface area contributed by atoms with Gasteiger partial charge < -0.3 is 9.47 Å². The lowest BCUT2D eigenvalue weighted by Crippen LogP contribution is -2.37. The summed E-state index contributed by atoms with van der Waals surface area (Å²) >= 11 is 0. The van der Waals surface area contributed by atoms with Crippen LogP contribution in [0.15, 0.2) is 0 Å². The molecular weight excluding hydrogens is 192 g/mol. The predicted octanol–water partition coefficient (Wildman–Crippen LogP) is 2.39. The maximum Gasteiger partial charge on any atom is 0.308 e. The van der Waals surface area contributed by atoms with E-state index in [1.165, 1.54) is 7.11 Å². The highest BCUT2D eigenvalue weighted by Gasteiger charge is 2.35. The van der Waals surface area contributed by atoms with E-state index < -0.39 is 0 Å². The Morgan fingerprint density at radius 3 is 2.07 bits per heavy atom. The zero-order valence-electron chi connectivity index (χ0n) is 10.2. The Morgan fingerprint density at radius 2 is 1.67 bits per heavy atom. The van der Waals surface area contributed by atoms with Crippen LogP contribution in [0.2, 0.25) is 0 Å². The molecule has 1 saturated carbocycles. The first-order valence-electron chi connectivity index (χ1n) is 5.64. The number of esters is 1. The summed E-state index contributed by atoms with van der Waals surface area (Å²) in [7, 11) is 3.22. The fourth-order valence-corrected chi connectivity index (χ4v) is 2.36. The lowest BCUT2D eigenvalue weighted by atomic mass is 9.75. The van der Waals surface area contributed by atoms with Gasteiger partial charge in [-0.15, -0.1) is 0 Å². The Balaban J connectivity index is 2.46. The van der Waals surface area contributed by atoms with Crippen LogP contribution >= 0.6 is 0 Å². The Morgan fingerprint density at radius 1 is 1.13 bits per heavy atom. The van der Waals surface area contributed by atoms with E-state index in [2.05, 4.69) is 13.8 Å². The molecule has 3 heteroatoms. The Hall–Kier alpha value is -0.570. The third-order valence-corrected chi connectivity index (χ3v) is 3.77. The molecule has 0 saturated heterocycles. The molecule has 0 N–H and O–H groups in total. The second-order valence-corrected chi connectivity index (χ2v) is 4.88. The molecule has 0 radical (unpaired) electrons. The van der Waals surface area contributed by atoms with Gasteiger partial charge in [0.25, 0.3) is 0 Å². The summed E-state index contributed by atoms with van der Waals surface area (Å²) in [5.74, 6) is 0.617. The highest BCUT2D eigenvalue weighted by Crippen LogP contribution is 2.37. The van der Waals surface area contributed by atoms with Gasteiger partial charge in [0.05, 0.1) is 18.6 Å². The third kappa shape index (κ3) is 2.94. The summed E-state index contributed by atoms with van der Waals surface area (Å²) in [4.78, 5) is 11.3. The van der Waals surface area contributed by atoms with Crippen LogP contribution in [0.4, 0.5) is 0 Å². The molecule has 0 spiro atoms. The van der Waals surface area contributed by atoms with Crippen molar-refractivity contribution in [2.45, 2.75) is 45.1 Å². The van der Waals surface area contributed by atoms with Crippen LogP contribution in [0, 0.1) is 11.8 Å². The molecule has 15 heavy (non-hydrogen) atoms. The molecule has 0 aliphatic heterocycles. The molecule has 0 amide bonds. The van der Waals surface area contributed by atoms with E-state index in [4.69, 9.17) is 9.47 Å². The molecule has 1 aliphatic rings. The van der Waals surface area contributed by atoms with Gasteiger partial charge in [0.15, 0.2) is 0 Å². The Labute approximate surface area is 92.1 Å². The zero-order chi connectivity index (χ0) is 11.5. The molecule has 1 rings (SSSR count). The molecule has 0 bridgehead atoms. The topological polar surface area (TPSA) is 35.5 Å². The highest BCUT2D eigenvalue weighted by molar-refractivity contribution is 5.72.